The molecule has 1 aromatic heterocycles. The smallest absolute Gasteiger partial charge is 0.258 e. The zero-order chi connectivity index (χ0) is 13.0. The number of amides is 1. The number of hydrogen-bond acceptors (Lipinski definition) is 3. The fourth-order valence-corrected chi connectivity index (χ4v) is 2.34. The van der Waals surface area contributed by atoms with Crippen molar-refractivity contribution in [3.63, 3.8) is 0 Å². The zero-order valence-corrected chi connectivity index (χ0v) is 11.4. The van der Waals surface area contributed by atoms with Gasteiger partial charge < -0.3 is 14.1 Å². The number of hydrogen-bond donors (Lipinski definition) is 0. The van der Waals surface area contributed by atoms with Gasteiger partial charge in [0.2, 0.25) is 5.22 Å². The highest BCUT2D eigenvalue weighted by molar-refractivity contribution is 6.32. The molecule has 0 spiro atoms. The van der Waals surface area contributed by atoms with Gasteiger partial charge in [-0.2, -0.15) is 0 Å². The fourth-order valence-electron chi connectivity index (χ4n) is 2.05. The van der Waals surface area contributed by atoms with Crippen molar-refractivity contribution in [1.82, 2.24) is 4.90 Å². The summed E-state index contributed by atoms with van der Waals surface area (Å²) in [6, 6.07) is 1.60. The Labute approximate surface area is 116 Å². The van der Waals surface area contributed by atoms with Crippen molar-refractivity contribution in [2.45, 2.75) is 18.9 Å². The molecule has 1 fully saturated rings. The van der Waals surface area contributed by atoms with Crippen LogP contribution in [0.5, 0.6) is 0 Å². The Kier molecular flexibility index (Phi) is 4.92. The van der Waals surface area contributed by atoms with Gasteiger partial charge in [0.1, 0.15) is 0 Å². The number of ether oxygens (including phenoxy) is 1. The van der Waals surface area contributed by atoms with Gasteiger partial charge in [0.05, 0.1) is 24.5 Å². The molecule has 0 radical (unpaired) electrons. The normalized spacial score (nSPS) is 17.1. The van der Waals surface area contributed by atoms with E-state index in [4.69, 9.17) is 32.4 Å². The Bertz CT molecular complexity index is 400. The molecule has 2 heterocycles. The molecule has 100 valence electrons. The van der Waals surface area contributed by atoms with E-state index in [-0.39, 0.29) is 17.2 Å². The summed E-state index contributed by atoms with van der Waals surface area (Å²) in [6.45, 7) is 1.91. The van der Waals surface area contributed by atoms with Crippen LogP contribution in [0.1, 0.15) is 23.2 Å². The molecule has 2 rings (SSSR count). The van der Waals surface area contributed by atoms with Gasteiger partial charge in [-0.05, 0) is 30.5 Å². The summed E-state index contributed by atoms with van der Waals surface area (Å²) in [6.07, 6.45) is 3.29. The van der Waals surface area contributed by atoms with E-state index in [9.17, 15) is 4.79 Å². The first-order chi connectivity index (χ1) is 8.72. The first-order valence-corrected chi connectivity index (χ1v) is 6.83. The molecule has 4 nitrogen and oxygen atoms in total. The van der Waals surface area contributed by atoms with E-state index in [2.05, 4.69) is 0 Å². The fraction of sp³-hybridized carbons (Fsp3) is 0.583. The Hall–Kier alpha value is -0.710. The Morgan fingerprint density at radius 3 is 2.78 bits per heavy atom. The summed E-state index contributed by atoms with van der Waals surface area (Å²) in [7, 11) is 0. The number of piperidine rings is 1. The second kappa shape index (κ2) is 6.45. The van der Waals surface area contributed by atoms with Crippen LogP contribution in [0.25, 0.3) is 0 Å². The van der Waals surface area contributed by atoms with E-state index in [1.807, 2.05) is 0 Å². The second-order valence-electron chi connectivity index (χ2n) is 4.16. The van der Waals surface area contributed by atoms with Gasteiger partial charge in [-0.1, -0.05) is 0 Å². The molecule has 1 aliphatic heterocycles. The minimum Gasteiger partial charge on any atom is -0.452 e. The highest BCUT2D eigenvalue weighted by Crippen LogP contribution is 2.21. The number of carbonyl (C=O) groups is 1. The first-order valence-electron chi connectivity index (χ1n) is 5.92. The van der Waals surface area contributed by atoms with Crippen LogP contribution in [0.2, 0.25) is 5.22 Å². The van der Waals surface area contributed by atoms with Crippen LogP contribution in [0, 0.1) is 0 Å². The molecule has 0 saturated carbocycles. The number of rotatable bonds is 4. The highest BCUT2D eigenvalue weighted by Gasteiger charge is 2.25. The molecular weight excluding hydrogens is 277 g/mol. The van der Waals surface area contributed by atoms with Crippen molar-refractivity contribution >= 4 is 29.1 Å². The largest absolute Gasteiger partial charge is 0.452 e. The van der Waals surface area contributed by atoms with Crippen LogP contribution in [-0.4, -0.2) is 42.5 Å². The predicted octanol–water partition coefficient (Wildman–Crippen LogP) is 2.79. The summed E-state index contributed by atoms with van der Waals surface area (Å²) in [5, 5.41) is 0.153. The zero-order valence-electron chi connectivity index (χ0n) is 9.90. The van der Waals surface area contributed by atoms with Crippen LogP contribution < -0.4 is 0 Å². The molecule has 18 heavy (non-hydrogen) atoms. The van der Waals surface area contributed by atoms with Gasteiger partial charge in [0.25, 0.3) is 5.91 Å². The van der Waals surface area contributed by atoms with Crippen LogP contribution in [0.3, 0.4) is 0 Å². The van der Waals surface area contributed by atoms with E-state index in [1.54, 1.807) is 11.0 Å². The lowest BCUT2D eigenvalue weighted by atomic mass is 10.1. The molecule has 0 aromatic carbocycles. The van der Waals surface area contributed by atoms with Gasteiger partial charge in [-0.3, -0.25) is 4.79 Å². The molecule has 1 saturated heterocycles. The highest BCUT2D eigenvalue weighted by atomic mass is 35.5. The third-order valence-corrected chi connectivity index (χ3v) is 3.46. The quantitative estimate of drug-likeness (QED) is 0.801. The Morgan fingerprint density at radius 2 is 2.22 bits per heavy atom. The van der Waals surface area contributed by atoms with E-state index < -0.39 is 0 Å². The number of nitrogens with zero attached hydrogens (tertiary/aromatic N) is 1. The van der Waals surface area contributed by atoms with Gasteiger partial charge in [0, 0.05) is 19.0 Å². The first kappa shape index (κ1) is 13.7. The number of likely N-dealkylation sites (tertiary alicyclic amines) is 1. The maximum atomic E-state index is 12.1. The average molecular weight is 292 g/mol. The Balaban J connectivity index is 1.86. The number of alkyl halides is 1. The van der Waals surface area contributed by atoms with Crippen molar-refractivity contribution < 1.29 is 13.9 Å². The molecule has 1 amide bonds. The van der Waals surface area contributed by atoms with Gasteiger partial charge in [0.15, 0.2) is 0 Å². The summed E-state index contributed by atoms with van der Waals surface area (Å²) in [5.41, 5.74) is 0.428. The SMILES string of the molecule is O=C(c1ccoc1Cl)N1CCC(OCCCl)CC1. The van der Waals surface area contributed by atoms with Crippen molar-refractivity contribution in [1.29, 1.82) is 0 Å². The van der Waals surface area contributed by atoms with Gasteiger partial charge in [-0.25, -0.2) is 0 Å². The van der Waals surface area contributed by atoms with Crippen molar-refractivity contribution in [2.75, 3.05) is 25.6 Å². The summed E-state index contributed by atoms with van der Waals surface area (Å²) < 4.78 is 10.5. The van der Waals surface area contributed by atoms with E-state index in [0.29, 0.717) is 31.1 Å². The van der Waals surface area contributed by atoms with Crippen LogP contribution >= 0.6 is 23.2 Å². The monoisotopic (exact) mass is 291 g/mol. The summed E-state index contributed by atoms with van der Waals surface area (Å²) in [4.78, 5) is 13.9. The minimum absolute atomic E-state index is 0.0791. The van der Waals surface area contributed by atoms with E-state index >= 15 is 0 Å². The molecular formula is C12H15Cl2NO3. The van der Waals surface area contributed by atoms with Crippen LogP contribution in [-0.2, 0) is 4.74 Å². The van der Waals surface area contributed by atoms with Crippen molar-refractivity contribution in [2.24, 2.45) is 0 Å². The molecule has 0 bridgehead atoms. The topological polar surface area (TPSA) is 42.7 Å². The molecule has 0 aliphatic carbocycles. The number of carbonyl (C=O) groups excluding carboxylic acids is 1. The van der Waals surface area contributed by atoms with Crippen molar-refractivity contribution in [3.8, 4) is 0 Å². The third kappa shape index (κ3) is 3.19. The van der Waals surface area contributed by atoms with E-state index in [1.165, 1.54) is 6.26 Å². The average Bonchev–Trinajstić information content (AvgIpc) is 2.82. The number of furan rings is 1. The summed E-state index contributed by atoms with van der Waals surface area (Å²) >= 11 is 11.4. The van der Waals surface area contributed by atoms with Crippen molar-refractivity contribution in [3.05, 3.63) is 23.1 Å². The second-order valence-corrected chi connectivity index (χ2v) is 4.88. The molecule has 1 aliphatic rings. The molecule has 0 N–H and O–H groups in total. The molecule has 0 atom stereocenters. The minimum atomic E-state index is -0.0791. The maximum Gasteiger partial charge on any atom is 0.258 e. The van der Waals surface area contributed by atoms with Gasteiger partial charge in [-0.15, -0.1) is 11.6 Å². The third-order valence-electron chi connectivity index (χ3n) is 3.01. The van der Waals surface area contributed by atoms with Crippen LogP contribution in [0.15, 0.2) is 16.7 Å². The Morgan fingerprint density at radius 1 is 1.50 bits per heavy atom. The lowest BCUT2D eigenvalue weighted by Crippen LogP contribution is -2.41. The lowest BCUT2D eigenvalue weighted by Gasteiger charge is -2.31. The molecule has 6 heteroatoms. The number of halogens is 2. The predicted molar refractivity (Wildman–Crippen MR) is 69.3 cm³/mol. The standard InChI is InChI=1S/C12H15Cl2NO3/c13-4-8-17-9-1-5-15(6-2-9)12(16)10-3-7-18-11(10)14/h3,7,9H,1-2,4-6,8H2. The summed E-state index contributed by atoms with van der Waals surface area (Å²) in [5.74, 6) is 0.425. The molecule has 1 aromatic rings. The lowest BCUT2D eigenvalue weighted by molar-refractivity contribution is 0.0154. The van der Waals surface area contributed by atoms with Crippen LogP contribution in [0.4, 0.5) is 0 Å². The van der Waals surface area contributed by atoms with Gasteiger partial charge >= 0.3 is 0 Å². The van der Waals surface area contributed by atoms with E-state index in [0.717, 1.165) is 12.8 Å². The maximum absolute atomic E-state index is 12.1. The molecule has 0 unspecified atom stereocenters.